The second-order valence-electron chi connectivity index (χ2n) is 4.38. The van der Waals surface area contributed by atoms with E-state index in [0.717, 1.165) is 0 Å². The van der Waals surface area contributed by atoms with Crippen LogP contribution in [0.15, 0.2) is 18.2 Å². The predicted molar refractivity (Wildman–Crippen MR) is 78.4 cm³/mol. The van der Waals surface area contributed by atoms with E-state index in [1.54, 1.807) is 23.9 Å². The van der Waals surface area contributed by atoms with Gasteiger partial charge in [-0.3, -0.25) is 0 Å². The maximum Gasteiger partial charge on any atom is 0.146 e. The molecule has 0 atom stereocenters. The number of thioether (sulfide) groups is 1. The van der Waals surface area contributed by atoms with Gasteiger partial charge in [-0.1, -0.05) is 12.2 Å². The highest BCUT2D eigenvalue weighted by Crippen LogP contribution is 2.23. The van der Waals surface area contributed by atoms with Crippen molar-refractivity contribution < 1.29 is 4.39 Å². The predicted octanol–water partition coefficient (Wildman–Crippen LogP) is 3.01. The van der Waals surface area contributed by atoms with Crippen LogP contribution in [0.1, 0.15) is 19.4 Å². The maximum atomic E-state index is 13.7. The molecule has 0 saturated heterocycles. The molecule has 94 valence electrons. The van der Waals surface area contributed by atoms with Crippen molar-refractivity contribution in [1.29, 1.82) is 0 Å². The highest BCUT2D eigenvalue weighted by molar-refractivity contribution is 7.99. The van der Waals surface area contributed by atoms with E-state index in [1.807, 2.05) is 6.26 Å². The first kappa shape index (κ1) is 14.3. The average Bonchev–Trinajstić information content (AvgIpc) is 2.27. The molecule has 0 aliphatic heterocycles. The molecule has 5 heteroatoms. The highest BCUT2D eigenvalue weighted by Gasteiger charge is 2.16. The van der Waals surface area contributed by atoms with Crippen LogP contribution in [0.2, 0.25) is 0 Å². The van der Waals surface area contributed by atoms with Crippen molar-refractivity contribution in [1.82, 2.24) is 0 Å². The number of nitrogens with one attached hydrogen (secondary N) is 1. The Bertz CT molecular complexity index is 419. The molecule has 3 N–H and O–H groups in total. The number of benzene rings is 1. The van der Waals surface area contributed by atoms with Gasteiger partial charge >= 0.3 is 0 Å². The number of thiocarbonyl (C=S) groups is 1. The lowest BCUT2D eigenvalue weighted by Crippen LogP contribution is -2.26. The zero-order chi connectivity index (χ0) is 13.1. The zero-order valence-corrected chi connectivity index (χ0v) is 11.8. The molecule has 0 spiro atoms. The number of hydrogen-bond donors (Lipinski definition) is 2. The molecule has 0 saturated carbocycles. The largest absolute Gasteiger partial charge is 0.389 e. The molecule has 0 bridgehead atoms. The van der Waals surface area contributed by atoms with Crippen molar-refractivity contribution >= 4 is 34.7 Å². The molecule has 1 rings (SSSR count). The number of anilines is 1. The van der Waals surface area contributed by atoms with Gasteiger partial charge in [-0.05, 0) is 38.3 Å². The van der Waals surface area contributed by atoms with Gasteiger partial charge in [0.1, 0.15) is 10.8 Å². The van der Waals surface area contributed by atoms with E-state index in [2.05, 4.69) is 19.2 Å². The second-order valence-corrected chi connectivity index (χ2v) is 6.33. The van der Waals surface area contributed by atoms with Crippen molar-refractivity contribution in [3.63, 3.8) is 0 Å². The standard InChI is InChI=1S/C12H17FN2S2/c1-12(2,17-3)7-15-10-5-4-8(11(14)16)6-9(10)13/h4-6,15H,7H2,1-3H3,(H2,14,16). The zero-order valence-electron chi connectivity index (χ0n) is 10.2. The lowest BCUT2D eigenvalue weighted by atomic mass is 10.1. The summed E-state index contributed by atoms with van der Waals surface area (Å²) in [4.78, 5) is 0.208. The van der Waals surface area contributed by atoms with E-state index in [4.69, 9.17) is 18.0 Å². The van der Waals surface area contributed by atoms with Gasteiger partial charge in [0.05, 0.1) is 5.69 Å². The van der Waals surface area contributed by atoms with E-state index >= 15 is 0 Å². The summed E-state index contributed by atoms with van der Waals surface area (Å²) in [5.41, 5.74) is 6.47. The van der Waals surface area contributed by atoms with Gasteiger partial charge < -0.3 is 11.1 Å². The normalized spacial score (nSPS) is 11.3. The van der Waals surface area contributed by atoms with Crippen molar-refractivity contribution in [3.05, 3.63) is 29.6 Å². The van der Waals surface area contributed by atoms with Crippen LogP contribution in [0.5, 0.6) is 0 Å². The number of hydrogen-bond acceptors (Lipinski definition) is 3. The Morgan fingerprint density at radius 1 is 1.53 bits per heavy atom. The van der Waals surface area contributed by atoms with Crippen molar-refractivity contribution in [2.24, 2.45) is 5.73 Å². The molecule has 1 aromatic carbocycles. The molecule has 1 aromatic rings. The SMILES string of the molecule is CSC(C)(C)CNc1ccc(C(N)=S)cc1F. The van der Waals surface area contributed by atoms with Crippen LogP contribution in [0, 0.1) is 5.82 Å². The molecule has 0 aromatic heterocycles. The Morgan fingerprint density at radius 2 is 2.18 bits per heavy atom. The fourth-order valence-corrected chi connectivity index (χ4v) is 1.54. The van der Waals surface area contributed by atoms with Crippen LogP contribution < -0.4 is 11.1 Å². The monoisotopic (exact) mass is 272 g/mol. The van der Waals surface area contributed by atoms with Gasteiger partial charge in [-0.2, -0.15) is 11.8 Å². The van der Waals surface area contributed by atoms with E-state index in [1.165, 1.54) is 6.07 Å². The van der Waals surface area contributed by atoms with Crippen molar-refractivity contribution in [2.45, 2.75) is 18.6 Å². The summed E-state index contributed by atoms with van der Waals surface area (Å²) in [6.07, 6.45) is 2.04. The van der Waals surface area contributed by atoms with Gasteiger partial charge in [0.15, 0.2) is 0 Å². The Morgan fingerprint density at radius 3 is 2.65 bits per heavy atom. The quantitative estimate of drug-likeness (QED) is 0.808. The molecule has 0 unspecified atom stereocenters. The maximum absolute atomic E-state index is 13.7. The van der Waals surface area contributed by atoms with E-state index in [9.17, 15) is 4.39 Å². The first-order chi connectivity index (χ1) is 7.85. The Kier molecular flexibility index (Phi) is 4.77. The van der Waals surface area contributed by atoms with Crippen molar-refractivity contribution in [2.75, 3.05) is 18.1 Å². The summed E-state index contributed by atoms with van der Waals surface area (Å²) in [5, 5.41) is 3.09. The minimum atomic E-state index is -0.327. The van der Waals surface area contributed by atoms with Crippen LogP contribution in [-0.2, 0) is 0 Å². The van der Waals surface area contributed by atoms with Crippen LogP contribution in [-0.4, -0.2) is 22.5 Å². The molecule has 0 fully saturated rings. The minimum Gasteiger partial charge on any atom is -0.389 e. The van der Waals surface area contributed by atoms with Crippen LogP contribution in [0.3, 0.4) is 0 Å². The Labute approximate surface area is 111 Å². The van der Waals surface area contributed by atoms with Gasteiger partial charge in [-0.15, -0.1) is 0 Å². The Balaban J connectivity index is 2.77. The minimum absolute atomic E-state index is 0.0638. The Hall–Kier alpha value is -0.810. The fourth-order valence-electron chi connectivity index (χ4n) is 1.19. The molecule has 0 amide bonds. The summed E-state index contributed by atoms with van der Waals surface area (Å²) in [7, 11) is 0. The fraction of sp³-hybridized carbons (Fsp3) is 0.417. The third kappa shape index (κ3) is 4.16. The van der Waals surface area contributed by atoms with Crippen LogP contribution in [0.25, 0.3) is 0 Å². The van der Waals surface area contributed by atoms with E-state index < -0.39 is 0 Å². The second kappa shape index (κ2) is 5.69. The molecule has 2 nitrogen and oxygen atoms in total. The molecule has 0 aliphatic rings. The van der Waals surface area contributed by atoms with E-state index in [-0.39, 0.29) is 15.6 Å². The lowest BCUT2D eigenvalue weighted by molar-refractivity contribution is 0.627. The summed E-state index contributed by atoms with van der Waals surface area (Å²) in [5.74, 6) is -0.327. The van der Waals surface area contributed by atoms with Gasteiger partial charge in [0.2, 0.25) is 0 Å². The summed E-state index contributed by atoms with van der Waals surface area (Å²) in [6, 6.07) is 4.75. The molecule has 0 aliphatic carbocycles. The summed E-state index contributed by atoms with van der Waals surface area (Å²) >= 11 is 6.53. The van der Waals surface area contributed by atoms with Gasteiger partial charge in [-0.25, -0.2) is 4.39 Å². The first-order valence-corrected chi connectivity index (χ1v) is 6.87. The number of nitrogens with two attached hydrogens (primary N) is 1. The van der Waals surface area contributed by atoms with Crippen LogP contribution in [0.4, 0.5) is 10.1 Å². The molecule has 17 heavy (non-hydrogen) atoms. The average molecular weight is 272 g/mol. The molecular weight excluding hydrogens is 255 g/mol. The highest BCUT2D eigenvalue weighted by atomic mass is 32.2. The summed E-state index contributed by atoms with van der Waals surface area (Å²) < 4.78 is 13.8. The first-order valence-electron chi connectivity index (χ1n) is 5.24. The smallest absolute Gasteiger partial charge is 0.146 e. The van der Waals surface area contributed by atoms with Gasteiger partial charge in [0, 0.05) is 16.9 Å². The topological polar surface area (TPSA) is 38.0 Å². The lowest BCUT2D eigenvalue weighted by Gasteiger charge is -2.23. The van der Waals surface area contributed by atoms with Crippen LogP contribution >= 0.6 is 24.0 Å². The summed E-state index contributed by atoms with van der Waals surface area (Å²) in [6.45, 7) is 4.90. The van der Waals surface area contributed by atoms with Crippen molar-refractivity contribution in [3.8, 4) is 0 Å². The third-order valence-corrected chi connectivity index (χ3v) is 4.00. The van der Waals surface area contributed by atoms with E-state index in [0.29, 0.717) is 17.8 Å². The van der Waals surface area contributed by atoms with Gasteiger partial charge in [0.25, 0.3) is 0 Å². The number of halogens is 1. The molecule has 0 heterocycles. The molecule has 0 radical (unpaired) electrons. The third-order valence-electron chi connectivity index (χ3n) is 2.51. The molecular formula is C12H17FN2S2. The number of rotatable bonds is 5.